The number of hydrogen-bond donors (Lipinski definition) is 2. The normalized spacial score (nSPS) is 11.3. The van der Waals surface area contributed by atoms with Gasteiger partial charge < -0.3 is 15.0 Å². The molecule has 3 heterocycles. The Morgan fingerprint density at radius 2 is 1.83 bits per heavy atom. The fourth-order valence-corrected chi connectivity index (χ4v) is 3.57. The largest absolute Gasteiger partial charge is 0.384 e. The maximum atomic E-state index is 13.0. The van der Waals surface area contributed by atoms with E-state index in [-0.39, 0.29) is 17.0 Å². The van der Waals surface area contributed by atoms with Gasteiger partial charge in [-0.15, -0.1) is 0 Å². The zero-order valence-electron chi connectivity index (χ0n) is 20.0. The van der Waals surface area contributed by atoms with Gasteiger partial charge in [0.2, 0.25) is 5.43 Å². The molecule has 3 aromatic heterocycles. The van der Waals surface area contributed by atoms with E-state index in [1.54, 1.807) is 49.0 Å². The van der Waals surface area contributed by atoms with E-state index in [0.29, 0.717) is 22.3 Å². The lowest BCUT2D eigenvalue weighted by atomic mass is 10.0. The van der Waals surface area contributed by atoms with E-state index in [0.717, 1.165) is 11.3 Å². The monoisotopic (exact) mass is 466 g/mol. The lowest BCUT2D eigenvalue weighted by molar-refractivity contribution is 0.0738. The lowest BCUT2D eigenvalue weighted by Crippen LogP contribution is -2.34. The molecule has 0 saturated heterocycles. The van der Waals surface area contributed by atoms with Crippen LogP contribution in [0.5, 0.6) is 0 Å². The molecule has 0 aliphatic rings. The Balaban J connectivity index is 1.76. The highest BCUT2D eigenvalue weighted by atomic mass is 16.3. The van der Waals surface area contributed by atoms with Gasteiger partial charge in [0.25, 0.3) is 5.91 Å². The number of pyridine rings is 3. The Morgan fingerprint density at radius 3 is 2.51 bits per heavy atom. The first kappa shape index (κ1) is 23.9. The molecule has 176 valence electrons. The summed E-state index contributed by atoms with van der Waals surface area (Å²) in [4.78, 5) is 34.4. The molecular weight excluding hydrogens is 440 g/mol. The summed E-state index contributed by atoms with van der Waals surface area (Å²) in [7, 11) is 0. The van der Waals surface area contributed by atoms with E-state index in [2.05, 4.69) is 27.1 Å². The fourth-order valence-electron chi connectivity index (χ4n) is 3.57. The third-order valence-corrected chi connectivity index (χ3v) is 5.29. The predicted octanol–water partition coefficient (Wildman–Crippen LogP) is 3.55. The van der Waals surface area contributed by atoms with Gasteiger partial charge in [-0.05, 0) is 70.2 Å². The summed E-state index contributed by atoms with van der Waals surface area (Å²) in [5.41, 5.74) is 1.87. The van der Waals surface area contributed by atoms with Crippen LogP contribution < -0.4 is 10.7 Å². The number of rotatable bonds is 4. The van der Waals surface area contributed by atoms with Crippen molar-refractivity contribution in [2.24, 2.45) is 0 Å². The van der Waals surface area contributed by atoms with Crippen molar-refractivity contribution in [3.63, 3.8) is 0 Å². The van der Waals surface area contributed by atoms with Crippen molar-refractivity contribution in [1.82, 2.24) is 19.9 Å². The molecule has 0 radical (unpaired) electrons. The first-order chi connectivity index (χ1) is 16.6. The Bertz CT molecular complexity index is 1520. The van der Waals surface area contributed by atoms with Gasteiger partial charge >= 0.3 is 0 Å². The van der Waals surface area contributed by atoms with Gasteiger partial charge in [-0.2, -0.15) is 0 Å². The van der Waals surface area contributed by atoms with Crippen LogP contribution in [-0.2, 0) is 5.60 Å². The van der Waals surface area contributed by atoms with E-state index in [1.807, 2.05) is 44.2 Å². The molecule has 7 nitrogen and oxygen atoms in total. The van der Waals surface area contributed by atoms with Crippen molar-refractivity contribution < 1.29 is 9.90 Å². The molecule has 0 aliphatic carbocycles. The topological polar surface area (TPSA) is 97.1 Å². The Kier molecular flexibility index (Phi) is 6.50. The summed E-state index contributed by atoms with van der Waals surface area (Å²) >= 11 is 0. The molecule has 0 saturated carbocycles. The van der Waals surface area contributed by atoms with Crippen LogP contribution >= 0.6 is 0 Å². The number of carbonyl (C=O) groups excluding carboxylic acids is 1. The molecule has 0 fully saturated rings. The van der Waals surface area contributed by atoms with Gasteiger partial charge in [0.15, 0.2) is 0 Å². The van der Waals surface area contributed by atoms with Crippen LogP contribution in [-0.4, -0.2) is 31.6 Å². The molecule has 7 heteroatoms. The van der Waals surface area contributed by atoms with Crippen molar-refractivity contribution in [3.05, 3.63) is 99.7 Å². The summed E-state index contributed by atoms with van der Waals surface area (Å²) in [5, 5.41) is 13.2. The summed E-state index contributed by atoms with van der Waals surface area (Å²) < 4.78 is 1.73. The summed E-state index contributed by atoms with van der Waals surface area (Å²) in [6.07, 6.45) is 4.77. The molecule has 0 atom stereocenters. The SMILES string of the molecule is CC(C)NC(=O)c1cn(-c2cccc(C#Cc3ccc(C(C)(C)O)nc3)c2)c2ncccc2c1=O. The smallest absolute Gasteiger partial charge is 0.256 e. The minimum Gasteiger partial charge on any atom is -0.384 e. The first-order valence-corrected chi connectivity index (χ1v) is 11.3. The number of carbonyl (C=O) groups is 1. The Labute approximate surface area is 203 Å². The van der Waals surface area contributed by atoms with Gasteiger partial charge in [-0.25, -0.2) is 4.98 Å². The molecule has 1 aromatic carbocycles. The molecule has 1 amide bonds. The van der Waals surface area contributed by atoms with Crippen LogP contribution in [0.25, 0.3) is 16.7 Å². The molecule has 0 unspecified atom stereocenters. The van der Waals surface area contributed by atoms with Gasteiger partial charge in [0, 0.05) is 41.4 Å². The molecule has 2 N–H and O–H groups in total. The molecular formula is C28H26N4O3. The molecule has 0 bridgehead atoms. The second-order valence-corrected chi connectivity index (χ2v) is 9.04. The highest BCUT2D eigenvalue weighted by Crippen LogP contribution is 2.18. The van der Waals surface area contributed by atoms with Crippen LogP contribution in [0.4, 0.5) is 0 Å². The molecule has 0 aliphatic heterocycles. The molecule has 0 spiro atoms. The van der Waals surface area contributed by atoms with E-state index in [9.17, 15) is 14.7 Å². The van der Waals surface area contributed by atoms with E-state index >= 15 is 0 Å². The van der Waals surface area contributed by atoms with Gasteiger partial charge in [-0.1, -0.05) is 17.9 Å². The average molecular weight is 467 g/mol. The number of fused-ring (bicyclic) bond motifs is 1. The maximum absolute atomic E-state index is 13.0. The van der Waals surface area contributed by atoms with Crippen LogP contribution in [0.3, 0.4) is 0 Å². The van der Waals surface area contributed by atoms with E-state index in [1.165, 1.54) is 6.20 Å². The summed E-state index contributed by atoms with van der Waals surface area (Å²) in [6, 6.07) is 14.3. The van der Waals surface area contributed by atoms with Crippen molar-refractivity contribution in [2.75, 3.05) is 0 Å². The van der Waals surface area contributed by atoms with Crippen molar-refractivity contribution in [2.45, 2.75) is 39.3 Å². The highest BCUT2D eigenvalue weighted by molar-refractivity contribution is 5.97. The second-order valence-electron chi connectivity index (χ2n) is 9.04. The predicted molar refractivity (Wildman–Crippen MR) is 135 cm³/mol. The number of benzene rings is 1. The van der Waals surface area contributed by atoms with Gasteiger partial charge in [-0.3, -0.25) is 14.6 Å². The molecule has 35 heavy (non-hydrogen) atoms. The zero-order valence-corrected chi connectivity index (χ0v) is 20.0. The Hall–Kier alpha value is -4.28. The van der Waals surface area contributed by atoms with E-state index < -0.39 is 11.5 Å². The van der Waals surface area contributed by atoms with E-state index in [4.69, 9.17) is 0 Å². The van der Waals surface area contributed by atoms with Gasteiger partial charge in [0.05, 0.1) is 11.1 Å². The standard InChI is InChI=1S/C28H26N4O3/c1-18(2)31-27(34)23-17-32(26-22(25(23)33)9-6-14-29-26)21-8-5-7-19(15-21)10-11-20-12-13-24(30-16-20)28(3,4)35/h5-9,12-18,35H,1-4H3,(H,31,34). The van der Waals surface area contributed by atoms with Crippen LogP contribution in [0.15, 0.2) is 71.9 Å². The average Bonchev–Trinajstić information content (AvgIpc) is 2.82. The zero-order chi connectivity index (χ0) is 25.2. The van der Waals surface area contributed by atoms with Crippen LogP contribution in [0, 0.1) is 11.8 Å². The second kappa shape index (κ2) is 9.53. The quantitative estimate of drug-likeness (QED) is 0.449. The minimum absolute atomic E-state index is 0.0497. The van der Waals surface area contributed by atoms with Crippen molar-refractivity contribution >= 4 is 16.9 Å². The van der Waals surface area contributed by atoms with Crippen LogP contribution in [0.1, 0.15) is 54.9 Å². The minimum atomic E-state index is -1.01. The number of aromatic nitrogens is 3. The number of nitrogens with one attached hydrogen (secondary N) is 1. The molecule has 4 rings (SSSR count). The third kappa shape index (κ3) is 5.29. The van der Waals surface area contributed by atoms with Crippen molar-refractivity contribution in [3.8, 4) is 17.5 Å². The van der Waals surface area contributed by atoms with Crippen LogP contribution in [0.2, 0.25) is 0 Å². The van der Waals surface area contributed by atoms with Gasteiger partial charge in [0.1, 0.15) is 16.8 Å². The lowest BCUT2D eigenvalue weighted by Gasteiger charge is -2.15. The highest BCUT2D eigenvalue weighted by Gasteiger charge is 2.18. The summed E-state index contributed by atoms with van der Waals surface area (Å²) in [5.74, 6) is 5.78. The number of nitrogens with zero attached hydrogens (tertiary/aromatic N) is 3. The number of amides is 1. The summed E-state index contributed by atoms with van der Waals surface area (Å²) in [6.45, 7) is 7.04. The number of aliphatic hydroxyl groups is 1. The maximum Gasteiger partial charge on any atom is 0.256 e. The first-order valence-electron chi connectivity index (χ1n) is 11.3. The molecule has 4 aromatic rings. The third-order valence-electron chi connectivity index (χ3n) is 5.29. The number of hydrogen-bond acceptors (Lipinski definition) is 5. The Morgan fingerprint density at radius 1 is 1.06 bits per heavy atom. The fraction of sp³-hybridized carbons (Fsp3) is 0.214. The van der Waals surface area contributed by atoms with Crippen molar-refractivity contribution in [1.29, 1.82) is 0 Å².